The first kappa shape index (κ1) is 15.3. The molecule has 0 amide bonds. The first-order chi connectivity index (χ1) is 11.0. The van der Waals surface area contributed by atoms with Crippen LogP contribution in [0.3, 0.4) is 0 Å². The third kappa shape index (κ3) is 3.10. The van der Waals surface area contributed by atoms with Gasteiger partial charge in [0.05, 0.1) is 21.4 Å². The van der Waals surface area contributed by atoms with Gasteiger partial charge >= 0.3 is 6.18 Å². The summed E-state index contributed by atoms with van der Waals surface area (Å²) >= 11 is 1.28. The van der Waals surface area contributed by atoms with Gasteiger partial charge in [0.2, 0.25) is 0 Å². The monoisotopic (exact) mass is 330 g/mol. The summed E-state index contributed by atoms with van der Waals surface area (Å²) in [6.07, 6.45) is -3.23. The maximum atomic E-state index is 13.0. The van der Waals surface area contributed by atoms with Crippen LogP contribution in [0.2, 0.25) is 0 Å². The number of nitriles is 1. The van der Waals surface area contributed by atoms with E-state index in [0.29, 0.717) is 5.01 Å². The first-order valence-electron chi connectivity index (χ1n) is 6.63. The highest BCUT2D eigenvalue weighted by atomic mass is 32.1. The van der Waals surface area contributed by atoms with Crippen LogP contribution in [-0.4, -0.2) is 4.98 Å². The normalized spacial score (nSPS) is 12.3. The van der Waals surface area contributed by atoms with Gasteiger partial charge in [-0.05, 0) is 29.8 Å². The highest BCUT2D eigenvalue weighted by Crippen LogP contribution is 2.34. The minimum absolute atomic E-state index is 0.0455. The molecule has 114 valence electrons. The van der Waals surface area contributed by atoms with Gasteiger partial charge in [0.25, 0.3) is 0 Å². The Bertz CT molecular complexity index is 900. The average Bonchev–Trinajstić information content (AvgIpc) is 2.95. The van der Waals surface area contributed by atoms with Crippen LogP contribution < -0.4 is 0 Å². The van der Waals surface area contributed by atoms with E-state index in [1.165, 1.54) is 35.6 Å². The molecule has 0 bridgehead atoms. The predicted octanol–water partition coefficient (Wildman–Crippen LogP) is 5.38. The largest absolute Gasteiger partial charge is 0.416 e. The fourth-order valence-electron chi connectivity index (χ4n) is 2.17. The van der Waals surface area contributed by atoms with Crippen LogP contribution in [0.15, 0.2) is 48.5 Å². The van der Waals surface area contributed by atoms with Crippen LogP contribution in [0.4, 0.5) is 13.2 Å². The molecule has 0 aliphatic rings. The SMILES string of the molecule is N#C/C(=C\c1ccccc1C(F)(F)F)c1nc2ccccc2s1. The number of para-hydroxylation sites is 1. The Morgan fingerprint density at radius 2 is 1.78 bits per heavy atom. The molecule has 2 aromatic carbocycles. The molecular weight excluding hydrogens is 321 g/mol. The molecule has 0 N–H and O–H groups in total. The van der Waals surface area contributed by atoms with Crippen LogP contribution in [0.1, 0.15) is 16.1 Å². The molecule has 0 saturated carbocycles. The van der Waals surface area contributed by atoms with Crippen LogP contribution in [0.25, 0.3) is 21.9 Å². The van der Waals surface area contributed by atoms with Gasteiger partial charge < -0.3 is 0 Å². The average molecular weight is 330 g/mol. The predicted molar refractivity (Wildman–Crippen MR) is 84.5 cm³/mol. The number of benzene rings is 2. The summed E-state index contributed by atoms with van der Waals surface area (Å²) in [6, 6.07) is 14.4. The second-order valence-corrected chi connectivity index (χ2v) is 5.77. The quantitative estimate of drug-likeness (QED) is 0.592. The summed E-state index contributed by atoms with van der Waals surface area (Å²) in [4.78, 5) is 4.32. The van der Waals surface area contributed by atoms with Crippen molar-refractivity contribution in [3.63, 3.8) is 0 Å². The van der Waals surface area contributed by atoms with Crippen molar-refractivity contribution in [2.24, 2.45) is 0 Å². The maximum Gasteiger partial charge on any atom is 0.416 e. The molecule has 0 aliphatic carbocycles. The molecule has 6 heteroatoms. The van der Waals surface area contributed by atoms with Crippen LogP contribution in [-0.2, 0) is 6.18 Å². The number of rotatable bonds is 2. The third-order valence-electron chi connectivity index (χ3n) is 3.21. The van der Waals surface area contributed by atoms with Gasteiger partial charge in [0.15, 0.2) is 0 Å². The van der Waals surface area contributed by atoms with E-state index in [2.05, 4.69) is 4.98 Å². The molecule has 0 unspecified atom stereocenters. The Labute approximate surface area is 134 Å². The molecule has 2 nitrogen and oxygen atoms in total. The Morgan fingerprint density at radius 3 is 2.48 bits per heavy atom. The molecule has 0 spiro atoms. The number of fused-ring (bicyclic) bond motifs is 1. The molecule has 0 aliphatic heterocycles. The summed E-state index contributed by atoms with van der Waals surface area (Å²) in [7, 11) is 0. The number of alkyl halides is 3. The number of allylic oxidation sites excluding steroid dienone is 1. The van der Waals surface area contributed by atoms with Gasteiger partial charge in [-0.25, -0.2) is 4.98 Å². The minimum Gasteiger partial charge on any atom is -0.235 e. The topological polar surface area (TPSA) is 36.7 Å². The number of thiazole rings is 1. The van der Waals surface area contributed by atoms with E-state index in [4.69, 9.17) is 0 Å². The smallest absolute Gasteiger partial charge is 0.235 e. The van der Waals surface area contributed by atoms with Crippen molar-refractivity contribution in [3.05, 3.63) is 64.7 Å². The molecule has 0 radical (unpaired) electrons. The summed E-state index contributed by atoms with van der Waals surface area (Å²) in [6.45, 7) is 0. The number of aromatic nitrogens is 1. The molecule has 0 fully saturated rings. The van der Waals surface area contributed by atoms with Gasteiger partial charge in [-0.2, -0.15) is 18.4 Å². The van der Waals surface area contributed by atoms with Crippen molar-refractivity contribution in [1.82, 2.24) is 4.98 Å². The van der Waals surface area contributed by atoms with Gasteiger partial charge in [-0.3, -0.25) is 0 Å². The van der Waals surface area contributed by atoms with E-state index < -0.39 is 11.7 Å². The number of halogens is 3. The summed E-state index contributed by atoms with van der Waals surface area (Å²) in [5, 5.41) is 9.73. The molecule has 3 aromatic rings. The van der Waals surface area contributed by atoms with Crippen molar-refractivity contribution in [2.75, 3.05) is 0 Å². The van der Waals surface area contributed by atoms with E-state index in [0.717, 1.165) is 16.3 Å². The number of nitrogens with zero attached hydrogens (tertiary/aromatic N) is 2. The molecular formula is C17H9F3N2S. The lowest BCUT2D eigenvalue weighted by atomic mass is 10.0. The Kier molecular flexibility index (Phi) is 3.89. The molecule has 0 atom stereocenters. The number of hydrogen-bond acceptors (Lipinski definition) is 3. The van der Waals surface area contributed by atoms with E-state index in [-0.39, 0.29) is 11.1 Å². The Hall–Kier alpha value is -2.65. The van der Waals surface area contributed by atoms with Crippen LogP contribution in [0.5, 0.6) is 0 Å². The lowest BCUT2D eigenvalue weighted by Crippen LogP contribution is -2.07. The fraction of sp³-hybridized carbons (Fsp3) is 0.0588. The lowest BCUT2D eigenvalue weighted by molar-refractivity contribution is -0.137. The Morgan fingerprint density at radius 1 is 1.09 bits per heavy atom. The zero-order valence-corrected chi connectivity index (χ0v) is 12.4. The summed E-state index contributed by atoms with van der Waals surface area (Å²) in [5.74, 6) is 0. The van der Waals surface area contributed by atoms with Crippen molar-refractivity contribution in [1.29, 1.82) is 5.26 Å². The zero-order valence-electron chi connectivity index (χ0n) is 11.6. The van der Waals surface area contributed by atoms with Gasteiger partial charge in [0, 0.05) is 0 Å². The first-order valence-corrected chi connectivity index (χ1v) is 7.44. The second kappa shape index (κ2) is 5.86. The van der Waals surface area contributed by atoms with Crippen molar-refractivity contribution in [2.45, 2.75) is 6.18 Å². The van der Waals surface area contributed by atoms with E-state index >= 15 is 0 Å². The van der Waals surface area contributed by atoms with E-state index in [1.807, 2.05) is 24.3 Å². The van der Waals surface area contributed by atoms with Crippen molar-refractivity contribution < 1.29 is 13.2 Å². The fourth-order valence-corrected chi connectivity index (χ4v) is 3.10. The third-order valence-corrected chi connectivity index (χ3v) is 4.28. The Balaban J connectivity index is 2.12. The summed E-state index contributed by atoms with van der Waals surface area (Å²) in [5.41, 5.74) is 0.0188. The van der Waals surface area contributed by atoms with E-state index in [9.17, 15) is 18.4 Å². The van der Waals surface area contributed by atoms with Gasteiger partial charge in [-0.15, -0.1) is 11.3 Å². The van der Waals surface area contributed by atoms with Crippen LogP contribution >= 0.6 is 11.3 Å². The van der Waals surface area contributed by atoms with Gasteiger partial charge in [-0.1, -0.05) is 30.3 Å². The standard InChI is InChI=1S/C17H9F3N2S/c18-17(19,20)13-6-2-1-5-11(13)9-12(10-21)16-22-14-7-3-4-8-15(14)23-16/h1-9H/b12-9+. The molecule has 0 saturated heterocycles. The zero-order chi connectivity index (χ0) is 16.4. The van der Waals surface area contributed by atoms with Gasteiger partial charge in [0.1, 0.15) is 11.1 Å². The highest BCUT2D eigenvalue weighted by Gasteiger charge is 2.32. The van der Waals surface area contributed by atoms with E-state index in [1.54, 1.807) is 6.07 Å². The minimum atomic E-state index is -4.47. The highest BCUT2D eigenvalue weighted by molar-refractivity contribution is 7.19. The number of hydrogen-bond donors (Lipinski definition) is 0. The molecule has 1 heterocycles. The van der Waals surface area contributed by atoms with Crippen molar-refractivity contribution in [3.8, 4) is 6.07 Å². The second-order valence-electron chi connectivity index (χ2n) is 4.74. The molecule has 23 heavy (non-hydrogen) atoms. The maximum absolute atomic E-state index is 13.0. The lowest BCUT2D eigenvalue weighted by Gasteiger charge is -2.09. The van der Waals surface area contributed by atoms with Crippen molar-refractivity contribution >= 4 is 33.2 Å². The molecule has 3 rings (SSSR count). The van der Waals surface area contributed by atoms with Crippen LogP contribution in [0, 0.1) is 11.3 Å². The summed E-state index contributed by atoms with van der Waals surface area (Å²) < 4.78 is 40.0. The molecule has 1 aromatic heterocycles.